The van der Waals surface area contributed by atoms with Gasteiger partial charge in [-0.1, -0.05) is 54.6 Å². The molecule has 0 aliphatic carbocycles. The summed E-state index contributed by atoms with van der Waals surface area (Å²) in [6.45, 7) is 0. The number of benzene rings is 3. The topological polar surface area (TPSA) is 51.0 Å². The summed E-state index contributed by atoms with van der Waals surface area (Å²) >= 11 is 0. The smallest absolute Gasteiger partial charge is 0.239 e. The third-order valence-corrected chi connectivity index (χ3v) is 5.92. The standard InChI is InChI=1S/C24H18N4O/c29-24-18(14-13-16-7-2-1-3-8-16)17-9-6-10-19-22(17)28(24)21-12-5-4-11-20(21)27-15-25-26-23(19)27/h1-12,15,18H,13-14H2. The fraction of sp³-hybridized carbons (Fsp3) is 0.125. The summed E-state index contributed by atoms with van der Waals surface area (Å²) in [6.07, 6.45) is 3.37. The molecule has 4 aromatic rings. The van der Waals surface area contributed by atoms with E-state index < -0.39 is 0 Å². The molecule has 140 valence electrons. The Morgan fingerprint density at radius 1 is 0.862 bits per heavy atom. The van der Waals surface area contributed by atoms with Crippen molar-refractivity contribution in [2.24, 2.45) is 0 Å². The summed E-state index contributed by atoms with van der Waals surface area (Å²) < 4.78 is 1.97. The Kier molecular flexibility index (Phi) is 3.44. The predicted octanol–water partition coefficient (Wildman–Crippen LogP) is 4.64. The first-order valence-corrected chi connectivity index (χ1v) is 9.83. The number of aryl methyl sites for hydroxylation is 1. The highest BCUT2D eigenvalue weighted by atomic mass is 16.2. The van der Waals surface area contributed by atoms with Crippen LogP contribution in [-0.4, -0.2) is 20.7 Å². The van der Waals surface area contributed by atoms with Gasteiger partial charge in [-0.2, -0.15) is 0 Å². The molecule has 5 nitrogen and oxygen atoms in total. The van der Waals surface area contributed by atoms with Gasteiger partial charge in [-0.15, -0.1) is 10.2 Å². The first-order valence-electron chi connectivity index (χ1n) is 9.83. The van der Waals surface area contributed by atoms with E-state index in [1.807, 2.05) is 64.1 Å². The maximum Gasteiger partial charge on any atom is 0.239 e. The monoisotopic (exact) mass is 378 g/mol. The zero-order valence-electron chi connectivity index (χ0n) is 15.7. The summed E-state index contributed by atoms with van der Waals surface area (Å²) in [4.78, 5) is 15.6. The van der Waals surface area contributed by atoms with Crippen molar-refractivity contribution in [1.29, 1.82) is 0 Å². The van der Waals surface area contributed by atoms with Gasteiger partial charge in [0.05, 0.1) is 23.0 Å². The molecule has 29 heavy (non-hydrogen) atoms. The summed E-state index contributed by atoms with van der Waals surface area (Å²) in [5, 5.41) is 8.52. The molecule has 1 atom stereocenters. The molecule has 1 unspecified atom stereocenters. The lowest BCUT2D eigenvalue weighted by Crippen LogP contribution is -2.24. The number of rotatable bonds is 3. The van der Waals surface area contributed by atoms with Crippen molar-refractivity contribution >= 4 is 17.3 Å². The SMILES string of the molecule is O=C1C(CCc2ccccc2)c2cccc3c2N1c1ccccc1-n1cnnc1-3. The number of fused-ring (bicyclic) bond motifs is 5. The lowest BCUT2D eigenvalue weighted by atomic mass is 9.92. The number of amides is 1. The molecule has 5 heteroatoms. The van der Waals surface area contributed by atoms with E-state index in [0.29, 0.717) is 0 Å². The van der Waals surface area contributed by atoms with Crippen molar-refractivity contribution in [1.82, 2.24) is 14.8 Å². The fourth-order valence-corrected chi connectivity index (χ4v) is 4.60. The molecule has 2 aliphatic heterocycles. The van der Waals surface area contributed by atoms with Crippen molar-refractivity contribution in [3.63, 3.8) is 0 Å². The largest absolute Gasteiger partial charge is 0.279 e. The molecule has 0 bridgehead atoms. The second-order valence-electron chi connectivity index (χ2n) is 7.51. The number of nitrogens with zero attached hydrogens (tertiary/aromatic N) is 4. The van der Waals surface area contributed by atoms with Crippen molar-refractivity contribution in [3.05, 3.63) is 90.3 Å². The second kappa shape index (κ2) is 6.14. The van der Waals surface area contributed by atoms with Gasteiger partial charge in [0.25, 0.3) is 0 Å². The van der Waals surface area contributed by atoms with Gasteiger partial charge < -0.3 is 0 Å². The van der Waals surface area contributed by atoms with Crippen LogP contribution < -0.4 is 4.90 Å². The van der Waals surface area contributed by atoms with E-state index >= 15 is 0 Å². The Morgan fingerprint density at radius 2 is 1.66 bits per heavy atom. The summed E-state index contributed by atoms with van der Waals surface area (Å²) in [5.41, 5.74) is 6.04. The number of para-hydroxylation sites is 3. The van der Waals surface area contributed by atoms with Crippen LogP contribution in [0.5, 0.6) is 0 Å². The minimum Gasteiger partial charge on any atom is -0.279 e. The summed E-state index contributed by atoms with van der Waals surface area (Å²) in [7, 11) is 0. The highest BCUT2D eigenvalue weighted by Crippen LogP contribution is 2.51. The van der Waals surface area contributed by atoms with Gasteiger partial charge in [0.15, 0.2) is 5.82 Å². The molecule has 2 aliphatic rings. The van der Waals surface area contributed by atoms with E-state index in [4.69, 9.17) is 0 Å². The van der Waals surface area contributed by atoms with Crippen LogP contribution in [-0.2, 0) is 11.2 Å². The molecule has 3 aromatic carbocycles. The van der Waals surface area contributed by atoms with Crippen molar-refractivity contribution in [2.45, 2.75) is 18.8 Å². The molecule has 6 rings (SSSR count). The highest BCUT2D eigenvalue weighted by Gasteiger charge is 2.42. The van der Waals surface area contributed by atoms with Crippen molar-refractivity contribution < 1.29 is 4.79 Å². The van der Waals surface area contributed by atoms with Gasteiger partial charge in [0.2, 0.25) is 5.91 Å². The first-order chi connectivity index (χ1) is 14.3. The molecule has 1 aromatic heterocycles. The average Bonchev–Trinajstić information content (AvgIpc) is 3.32. The van der Waals surface area contributed by atoms with Crippen LogP contribution >= 0.6 is 0 Å². The van der Waals surface area contributed by atoms with E-state index in [9.17, 15) is 4.79 Å². The average molecular weight is 378 g/mol. The molecule has 3 heterocycles. The quantitative estimate of drug-likeness (QED) is 0.522. The van der Waals surface area contributed by atoms with Crippen molar-refractivity contribution in [3.8, 4) is 17.1 Å². The number of carbonyl (C=O) groups excluding carboxylic acids is 1. The fourth-order valence-electron chi connectivity index (χ4n) is 4.60. The van der Waals surface area contributed by atoms with Crippen LogP contribution in [0.3, 0.4) is 0 Å². The minimum atomic E-state index is -0.160. The Labute approximate surface area is 168 Å². The first kappa shape index (κ1) is 16.2. The zero-order chi connectivity index (χ0) is 19.4. The molecule has 0 spiro atoms. The third-order valence-electron chi connectivity index (χ3n) is 5.92. The van der Waals surface area contributed by atoms with Crippen LogP contribution in [0.25, 0.3) is 17.1 Å². The van der Waals surface area contributed by atoms with Gasteiger partial charge in [0, 0.05) is 5.56 Å². The molecular formula is C24H18N4O. The van der Waals surface area contributed by atoms with E-state index in [1.165, 1.54) is 5.56 Å². The van der Waals surface area contributed by atoms with Gasteiger partial charge in [-0.3, -0.25) is 14.3 Å². The highest BCUT2D eigenvalue weighted by molar-refractivity contribution is 6.15. The molecule has 0 saturated carbocycles. The Hall–Kier alpha value is -3.73. The van der Waals surface area contributed by atoms with Gasteiger partial charge >= 0.3 is 0 Å². The lowest BCUT2D eigenvalue weighted by molar-refractivity contribution is -0.118. The number of hydrogen-bond acceptors (Lipinski definition) is 3. The van der Waals surface area contributed by atoms with Gasteiger partial charge in [-0.25, -0.2) is 0 Å². The number of aromatic nitrogens is 3. The van der Waals surface area contributed by atoms with Crippen LogP contribution in [0.4, 0.5) is 11.4 Å². The zero-order valence-corrected chi connectivity index (χ0v) is 15.7. The molecule has 0 fully saturated rings. The molecule has 0 saturated heterocycles. The molecule has 0 radical (unpaired) electrons. The maximum absolute atomic E-state index is 13.7. The molecular weight excluding hydrogens is 360 g/mol. The van der Waals surface area contributed by atoms with Crippen LogP contribution in [0, 0.1) is 0 Å². The molecule has 1 amide bonds. The molecule has 0 N–H and O–H groups in total. The lowest BCUT2D eigenvalue weighted by Gasteiger charge is -2.20. The predicted molar refractivity (Wildman–Crippen MR) is 111 cm³/mol. The van der Waals surface area contributed by atoms with E-state index in [2.05, 4.69) is 28.4 Å². The summed E-state index contributed by atoms with van der Waals surface area (Å²) in [5.74, 6) is 0.746. The number of anilines is 2. The van der Waals surface area contributed by atoms with Gasteiger partial charge in [0.1, 0.15) is 6.33 Å². The summed E-state index contributed by atoms with van der Waals surface area (Å²) in [6, 6.07) is 24.5. The Morgan fingerprint density at radius 3 is 2.52 bits per heavy atom. The minimum absolute atomic E-state index is 0.134. The third kappa shape index (κ3) is 2.30. The number of hydrogen-bond donors (Lipinski definition) is 0. The Bertz CT molecular complexity index is 1240. The van der Waals surface area contributed by atoms with Crippen molar-refractivity contribution in [2.75, 3.05) is 4.90 Å². The van der Waals surface area contributed by atoms with Crippen LogP contribution in [0.1, 0.15) is 23.5 Å². The van der Waals surface area contributed by atoms with E-state index in [1.54, 1.807) is 6.33 Å². The van der Waals surface area contributed by atoms with Crippen LogP contribution in [0.15, 0.2) is 79.1 Å². The van der Waals surface area contributed by atoms with Gasteiger partial charge in [-0.05, 0) is 42.2 Å². The van der Waals surface area contributed by atoms with E-state index in [-0.39, 0.29) is 11.8 Å². The van der Waals surface area contributed by atoms with E-state index in [0.717, 1.165) is 46.9 Å². The maximum atomic E-state index is 13.7. The Balaban J connectivity index is 1.52. The normalized spacial score (nSPS) is 16.2. The number of carbonyl (C=O) groups is 1. The second-order valence-corrected chi connectivity index (χ2v) is 7.51. The van der Waals surface area contributed by atoms with Crippen LogP contribution in [0.2, 0.25) is 0 Å².